The quantitative estimate of drug-likeness (QED) is 0.428. The summed E-state index contributed by atoms with van der Waals surface area (Å²) in [6.07, 6.45) is 9.36. The Morgan fingerprint density at radius 3 is 2.76 bits per heavy atom. The Hall–Kier alpha value is -2.55. The van der Waals surface area contributed by atoms with Crippen molar-refractivity contribution in [1.29, 1.82) is 0 Å². The maximum Gasteiger partial charge on any atom is 0.264 e. The number of carbonyl (C=O) groups is 1. The van der Waals surface area contributed by atoms with Crippen molar-refractivity contribution in [1.82, 2.24) is 4.72 Å². The maximum absolute atomic E-state index is 13.3. The van der Waals surface area contributed by atoms with Gasteiger partial charge in [-0.2, -0.15) is 0 Å². The van der Waals surface area contributed by atoms with Gasteiger partial charge in [0.25, 0.3) is 5.91 Å². The van der Waals surface area contributed by atoms with Crippen molar-refractivity contribution in [3.8, 4) is 5.75 Å². The van der Waals surface area contributed by atoms with Crippen LogP contribution in [0, 0.1) is 11.8 Å². The minimum Gasteiger partial charge on any atom is -0.490 e. The number of halogens is 1. The molecule has 1 fully saturated rings. The molecule has 2 aromatic rings. The minimum absolute atomic E-state index is 0.233. The van der Waals surface area contributed by atoms with Gasteiger partial charge in [-0.15, -0.1) is 0 Å². The van der Waals surface area contributed by atoms with Gasteiger partial charge in [0.1, 0.15) is 5.75 Å². The van der Waals surface area contributed by atoms with Crippen LogP contribution in [0.1, 0.15) is 73.4 Å². The van der Waals surface area contributed by atoms with Crippen LogP contribution < -0.4 is 14.4 Å². The molecule has 1 saturated carbocycles. The number of aliphatic hydroxyl groups is 1. The molecule has 9 heteroatoms. The van der Waals surface area contributed by atoms with Crippen LogP contribution in [-0.2, 0) is 21.9 Å². The van der Waals surface area contributed by atoms with Crippen LogP contribution in [-0.4, -0.2) is 50.5 Å². The van der Waals surface area contributed by atoms with Crippen molar-refractivity contribution in [3.05, 3.63) is 70.3 Å². The average molecular weight is 599 g/mol. The number of amides is 1. The van der Waals surface area contributed by atoms with Crippen molar-refractivity contribution in [3.63, 3.8) is 0 Å². The molecule has 6 rings (SSSR count). The molecule has 1 amide bonds. The number of sulfonamides is 1. The maximum atomic E-state index is 13.3. The number of hydrogen-bond donors (Lipinski definition) is 2. The predicted molar refractivity (Wildman–Crippen MR) is 161 cm³/mol. The van der Waals surface area contributed by atoms with Crippen LogP contribution in [0.5, 0.6) is 5.75 Å². The lowest BCUT2D eigenvalue weighted by Crippen LogP contribution is -2.48. The molecule has 0 aromatic heterocycles. The minimum atomic E-state index is -3.92. The fourth-order valence-corrected chi connectivity index (χ4v) is 8.81. The van der Waals surface area contributed by atoms with Gasteiger partial charge < -0.3 is 14.7 Å². The Labute approximate surface area is 248 Å². The Morgan fingerprint density at radius 2 is 1.98 bits per heavy atom. The summed E-state index contributed by atoms with van der Waals surface area (Å²) in [4.78, 5) is 15.7. The second kappa shape index (κ2) is 11.3. The van der Waals surface area contributed by atoms with E-state index in [9.17, 15) is 18.3 Å². The number of hydrogen-bond acceptors (Lipinski definition) is 6. The second-order valence-corrected chi connectivity index (χ2v) is 14.7. The number of allylic oxidation sites excluding steroid dienone is 1. The number of ether oxygens (including phenoxy) is 1. The first-order valence-electron chi connectivity index (χ1n) is 14.9. The number of carbonyl (C=O) groups excluding carboxylic acids is 1. The van der Waals surface area contributed by atoms with E-state index in [1.807, 2.05) is 18.2 Å². The molecule has 0 radical (unpaired) electrons. The number of aliphatic hydroxyl groups excluding tert-OH is 1. The van der Waals surface area contributed by atoms with Crippen LogP contribution >= 0.6 is 11.6 Å². The topological polar surface area (TPSA) is 95.9 Å². The van der Waals surface area contributed by atoms with E-state index in [2.05, 4.69) is 27.8 Å². The van der Waals surface area contributed by atoms with Gasteiger partial charge in [0.2, 0.25) is 10.0 Å². The molecular weight excluding hydrogens is 560 g/mol. The number of rotatable bonds is 1. The molecule has 2 aliphatic heterocycles. The summed E-state index contributed by atoms with van der Waals surface area (Å²) in [6, 6.07) is 11.4. The SMILES string of the molecule is CC[C@@H]1CC[C@H](O)/C=C\[C@@H]2CC[C@H]2CN2C[C@@]3(CCCc4cc(Cl)ccc43)COc3ccc(cc32)C(=O)NS1(=O)=O. The molecule has 1 spiro atoms. The Bertz CT molecular complexity index is 1460. The molecule has 2 aromatic carbocycles. The number of fused-ring (bicyclic) bond motifs is 4. The van der Waals surface area contributed by atoms with E-state index in [-0.39, 0.29) is 11.8 Å². The van der Waals surface area contributed by atoms with Gasteiger partial charge >= 0.3 is 0 Å². The fraction of sp³-hybridized carbons (Fsp3) is 0.531. The number of aryl methyl sites for hydroxylation is 1. The third kappa shape index (κ3) is 5.63. The third-order valence-corrected chi connectivity index (χ3v) is 11.9. The normalized spacial score (nSPS) is 32.0. The van der Waals surface area contributed by atoms with Crippen molar-refractivity contribution in [2.24, 2.45) is 11.8 Å². The van der Waals surface area contributed by atoms with Crippen LogP contribution in [0.4, 0.5) is 5.69 Å². The van der Waals surface area contributed by atoms with Crippen LogP contribution in [0.25, 0.3) is 0 Å². The summed E-state index contributed by atoms with van der Waals surface area (Å²) >= 11 is 6.38. The van der Waals surface area contributed by atoms with Crippen molar-refractivity contribution in [2.75, 3.05) is 24.6 Å². The predicted octanol–water partition coefficient (Wildman–Crippen LogP) is 5.39. The molecule has 2 bridgehead atoms. The second-order valence-electron chi connectivity index (χ2n) is 12.3. The Balaban J connectivity index is 1.41. The lowest BCUT2D eigenvalue weighted by atomic mass is 9.69. The van der Waals surface area contributed by atoms with E-state index in [1.165, 1.54) is 11.1 Å². The Morgan fingerprint density at radius 1 is 1.12 bits per heavy atom. The van der Waals surface area contributed by atoms with Crippen molar-refractivity contribution < 1.29 is 23.1 Å². The fourth-order valence-electron chi connectivity index (χ4n) is 7.19. The summed E-state index contributed by atoms with van der Waals surface area (Å²) in [5.41, 5.74) is 3.42. The van der Waals surface area contributed by atoms with E-state index in [4.69, 9.17) is 16.3 Å². The molecule has 2 heterocycles. The smallest absolute Gasteiger partial charge is 0.264 e. The standard InChI is InChI=1S/C32H39ClN2O5S/c1-2-27-12-11-26(36)10-7-21-5-6-24(21)18-35-19-32(15-3-4-22-16-25(33)9-13-28(22)32)20-40-30-14-8-23(17-29(30)35)31(37)34-41(27,38)39/h7-10,13-14,16-17,21,24,26-27,36H,2-6,11-12,15,18-20H2,1H3,(H,34,37)/b10-7-/t21-,24-,26+,27+,32-/m0/s1. The Kier molecular flexibility index (Phi) is 7.85. The average Bonchev–Trinajstić information content (AvgIpc) is 3.07. The van der Waals surface area contributed by atoms with Gasteiger partial charge in [-0.3, -0.25) is 4.79 Å². The van der Waals surface area contributed by atoms with Gasteiger partial charge in [-0.25, -0.2) is 13.1 Å². The van der Waals surface area contributed by atoms with Crippen LogP contribution in [0.15, 0.2) is 48.6 Å². The lowest BCUT2D eigenvalue weighted by molar-refractivity contribution is 0.0981. The molecule has 41 heavy (non-hydrogen) atoms. The van der Waals surface area contributed by atoms with Gasteiger partial charge in [0.05, 0.1) is 23.6 Å². The lowest BCUT2D eigenvalue weighted by Gasteiger charge is -2.44. The van der Waals surface area contributed by atoms with Crippen LogP contribution in [0.2, 0.25) is 5.02 Å². The first-order valence-corrected chi connectivity index (χ1v) is 16.8. The third-order valence-electron chi connectivity index (χ3n) is 9.72. The number of anilines is 1. The zero-order valence-corrected chi connectivity index (χ0v) is 25.1. The highest BCUT2D eigenvalue weighted by atomic mass is 35.5. The van der Waals surface area contributed by atoms with Crippen molar-refractivity contribution in [2.45, 2.75) is 75.1 Å². The molecular formula is C32H39ClN2O5S. The number of benzene rings is 2. The summed E-state index contributed by atoms with van der Waals surface area (Å²) in [5.74, 6) is 0.813. The highest BCUT2D eigenvalue weighted by Crippen LogP contribution is 2.46. The van der Waals surface area contributed by atoms with Crippen molar-refractivity contribution >= 4 is 33.2 Å². The van der Waals surface area contributed by atoms with Gasteiger partial charge in [0.15, 0.2) is 0 Å². The zero-order valence-electron chi connectivity index (χ0n) is 23.5. The van der Waals surface area contributed by atoms with Gasteiger partial charge in [0, 0.05) is 29.1 Å². The van der Waals surface area contributed by atoms with E-state index in [0.29, 0.717) is 42.6 Å². The highest BCUT2D eigenvalue weighted by Gasteiger charge is 2.43. The molecule has 4 aliphatic rings. The zero-order chi connectivity index (χ0) is 28.8. The van der Waals surface area contributed by atoms with E-state index in [0.717, 1.165) is 55.9 Å². The molecule has 2 aliphatic carbocycles. The summed E-state index contributed by atoms with van der Waals surface area (Å²) in [7, 11) is -3.92. The van der Waals surface area contributed by atoms with E-state index >= 15 is 0 Å². The van der Waals surface area contributed by atoms with Crippen LogP contribution in [0.3, 0.4) is 0 Å². The summed E-state index contributed by atoms with van der Waals surface area (Å²) in [6.45, 7) is 3.82. The summed E-state index contributed by atoms with van der Waals surface area (Å²) in [5, 5.41) is 10.6. The number of nitrogens with one attached hydrogen (secondary N) is 1. The van der Waals surface area contributed by atoms with Gasteiger partial charge in [-0.1, -0.05) is 36.7 Å². The first-order chi connectivity index (χ1) is 19.7. The van der Waals surface area contributed by atoms with E-state index in [1.54, 1.807) is 19.1 Å². The molecule has 220 valence electrons. The molecule has 7 nitrogen and oxygen atoms in total. The molecule has 0 unspecified atom stereocenters. The molecule has 5 atom stereocenters. The van der Waals surface area contributed by atoms with Gasteiger partial charge in [-0.05, 0) is 105 Å². The molecule has 0 saturated heterocycles. The first kappa shape index (κ1) is 28.6. The largest absolute Gasteiger partial charge is 0.490 e. The van der Waals surface area contributed by atoms with E-state index < -0.39 is 27.3 Å². The summed E-state index contributed by atoms with van der Waals surface area (Å²) < 4.78 is 35.2. The number of nitrogens with zero attached hydrogens (tertiary/aromatic N) is 1. The highest BCUT2D eigenvalue weighted by molar-refractivity contribution is 7.90. The molecule has 2 N–H and O–H groups in total. The monoisotopic (exact) mass is 598 g/mol.